The molecule has 3 aliphatic rings. The highest BCUT2D eigenvalue weighted by molar-refractivity contribution is 5.52. The Labute approximate surface area is 168 Å². The van der Waals surface area contributed by atoms with Crippen molar-refractivity contribution in [3.8, 4) is 0 Å². The fourth-order valence-electron chi connectivity index (χ4n) is 3.91. The van der Waals surface area contributed by atoms with Crippen molar-refractivity contribution in [2.75, 3.05) is 24.5 Å². The zero-order chi connectivity index (χ0) is 20.1. The van der Waals surface area contributed by atoms with Gasteiger partial charge in [-0.1, -0.05) is 24.3 Å². The summed E-state index contributed by atoms with van der Waals surface area (Å²) in [6.45, 7) is 11.8. The Morgan fingerprint density at radius 1 is 1.11 bits per heavy atom. The zero-order valence-electron chi connectivity index (χ0n) is 17.0. The number of fused-ring (bicyclic) bond motifs is 3. The molecule has 3 aliphatic heterocycles. The van der Waals surface area contributed by atoms with Crippen LogP contribution in [0.4, 0.5) is 10.1 Å². The topological polar surface area (TPSA) is 26.7 Å². The molecule has 5 rings (SSSR count). The van der Waals surface area contributed by atoms with Crippen LogP contribution in [0.15, 0.2) is 54.9 Å². The van der Waals surface area contributed by atoms with E-state index < -0.39 is 0 Å². The molecule has 0 amide bonds. The van der Waals surface area contributed by atoms with Crippen LogP contribution in [0.5, 0.6) is 0 Å². The third-order valence-electron chi connectivity index (χ3n) is 5.76. The van der Waals surface area contributed by atoms with Crippen molar-refractivity contribution in [3.63, 3.8) is 0 Å². The number of aliphatic hydroxyl groups is 1. The van der Waals surface area contributed by atoms with Gasteiger partial charge >= 0.3 is 0 Å². The van der Waals surface area contributed by atoms with Gasteiger partial charge < -0.3 is 14.9 Å². The summed E-state index contributed by atoms with van der Waals surface area (Å²) in [7, 11) is 0. The smallest absolute Gasteiger partial charge is 0.184 e. The predicted molar refractivity (Wildman–Crippen MR) is 114 cm³/mol. The fourth-order valence-corrected chi connectivity index (χ4v) is 3.91. The molecule has 3 nitrogen and oxygen atoms in total. The van der Waals surface area contributed by atoms with E-state index in [-0.39, 0.29) is 11.7 Å². The second kappa shape index (κ2) is 9.24. The third-order valence-corrected chi connectivity index (χ3v) is 5.76. The lowest BCUT2D eigenvalue weighted by Gasteiger charge is -2.38. The number of aryl methyl sites for hydroxylation is 2. The van der Waals surface area contributed by atoms with Crippen LogP contribution in [0.25, 0.3) is 0 Å². The van der Waals surface area contributed by atoms with Crippen LogP contribution >= 0.6 is 0 Å². The molecule has 4 heteroatoms. The van der Waals surface area contributed by atoms with Crippen molar-refractivity contribution in [1.29, 1.82) is 0 Å². The highest BCUT2D eigenvalue weighted by Crippen LogP contribution is 2.26. The summed E-state index contributed by atoms with van der Waals surface area (Å²) in [4.78, 5) is 4.23. The first kappa shape index (κ1) is 20.4. The number of benzene rings is 2. The van der Waals surface area contributed by atoms with Crippen molar-refractivity contribution >= 4 is 5.69 Å². The highest BCUT2D eigenvalue weighted by Gasteiger charge is 2.24. The second-order valence-electron chi connectivity index (χ2n) is 8.00. The number of piperidine rings is 3. The number of anilines is 1. The van der Waals surface area contributed by atoms with Crippen molar-refractivity contribution in [3.05, 3.63) is 77.4 Å². The van der Waals surface area contributed by atoms with Gasteiger partial charge in [-0.15, -0.1) is 0 Å². The first-order valence-corrected chi connectivity index (χ1v) is 10.1. The quantitative estimate of drug-likeness (QED) is 0.699. The van der Waals surface area contributed by atoms with E-state index in [9.17, 15) is 9.50 Å². The average molecular weight is 383 g/mol. The van der Waals surface area contributed by atoms with E-state index in [1.807, 2.05) is 37.3 Å². The molecule has 2 aromatic rings. The minimum absolute atomic E-state index is 0.0587. The summed E-state index contributed by atoms with van der Waals surface area (Å²) >= 11 is 0. The standard InChI is InChI=1S/C17H18FNO.C7H13N/c1-12-5-4-6-16(9-12)19(14(3)20)11-15-8-7-13(2)17(18)10-15;1-4-8-5-2-7(1)3-6-8/h4-10,20H,3,11H2,1-2H3;7H,1-6H2. The lowest BCUT2D eigenvalue weighted by Crippen LogP contribution is -2.41. The van der Waals surface area contributed by atoms with Gasteiger partial charge in [0.1, 0.15) is 5.82 Å². The van der Waals surface area contributed by atoms with Gasteiger partial charge in [-0.2, -0.15) is 0 Å². The Hall–Kier alpha value is -2.33. The van der Waals surface area contributed by atoms with Crippen molar-refractivity contribution in [1.82, 2.24) is 4.90 Å². The van der Waals surface area contributed by atoms with Crippen LogP contribution in [-0.4, -0.2) is 29.6 Å². The molecule has 0 saturated carbocycles. The molecule has 0 aliphatic carbocycles. The van der Waals surface area contributed by atoms with E-state index in [0.717, 1.165) is 22.7 Å². The minimum Gasteiger partial charge on any atom is -0.495 e. The Bertz CT molecular complexity index is 789. The predicted octanol–water partition coefficient (Wildman–Crippen LogP) is 5.58. The molecule has 28 heavy (non-hydrogen) atoms. The van der Waals surface area contributed by atoms with E-state index in [0.29, 0.717) is 12.1 Å². The number of aliphatic hydroxyl groups excluding tert-OH is 1. The van der Waals surface area contributed by atoms with Gasteiger partial charge in [-0.3, -0.25) is 0 Å². The first-order valence-electron chi connectivity index (χ1n) is 10.1. The second-order valence-corrected chi connectivity index (χ2v) is 8.00. The number of rotatable bonds is 4. The Morgan fingerprint density at radius 2 is 1.79 bits per heavy atom. The molecule has 3 heterocycles. The number of hydrogen-bond donors (Lipinski definition) is 1. The lowest BCUT2D eigenvalue weighted by atomic mass is 9.89. The van der Waals surface area contributed by atoms with Crippen molar-refractivity contribution in [2.24, 2.45) is 5.92 Å². The number of halogens is 1. The summed E-state index contributed by atoms with van der Waals surface area (Å²) in [5.41, 5.74) is 3.31. The molecular weight excluding hydrogens is 351 g/mol. The zero-order valence-corrected chi connectivity index (χ0v) is 17.0. The molecule has 0 spiro atoms. The monoisotopic (exact) mass is 382 g/mol. The third kappa shape index (κ3) is 5.35. The van der Waals surface area contributed by atoms with Crippen LogP contribution in [0.3, 0.4) is 0 Å². The SMILES string of the molecule is C1CN2CCC1CC2.C=C(O)N(Cc1ccc(C)c(F)c1)c1cccc(C)c1. The van der Waals surface area contributed by atoms with E-state index in [4.69, 9.17) is 0 Å². The molecular formula is C24H31FN2O. The molecule has 2 bridgehead atoms. The van der Waals surface area contributed by atoms with E-state index in [1.54, 1.807) is 17.9 Å². The summed E-state index contributed by atoms with van der Waals surface area (Å²) in [5, 5.41) is 9.78. The van der Waals surface area contributed by atoms with Gasteiger partial charge in [0.25, 0.3) is 0 Å². The number of hydrogen-bond acceptors (Lipinski definition) is 3. The van der Waals surface area contributed by atoms with Crippen LogP contribution in [0.1, 0.15) is 36.0 Å². The molecule has 150 valence electrons. The van der Waals surface area contributed by atoms with Crippen molar-refractivity contribution in [2.45, 2.75) is 39.7 Å². The first-order chi connectivity index (χ1) is 13.4. The molecule has 3 fully saturated rings. The molecule has 0 aromatic heterocycles. The molecule has 0 radical (unpaired) electrons. The fraction of sp³-hybridized carbons (Fsp3) is 0.417. The summed E-state index contributed by atoms with van der Waals surface area (Å²) in [5.74, 6) is 0.812. The summed E-state index contributed by atoms with van der Waals surface area (Å²) in [6.07, 6.45) is 4.46. The van der Waals surface area contributed by atoms with Crippen LogP contribution < -0.4 is 4.90 Å². The Morgan fingerprint density at radius 3 is 2.25 bits per heavy atom. The van der Waals surface area contributed by atoms with Gasteiger partial charge in [0.2, 0.25) is 0 Å². The highest BCUT2D eigenvalue weighted by atomic mass is 19.1. The van der Waals surface area contributed by atoms with Gasteiger partial charge in [0, 0.05) is 5.69 Å². The molecule has 3 saturated heterocycles. The van der Waals surface area contributed by atoms with Gasteiger partial charge in [-0.25, -0.2) is 4.39 Å². The molecule has 2 aromatic carbocycles. The maximum absolute atomic E-state index is 13.6. The van der Waals surface area contributed by atoms with Crippen molar-refractivity contribution < 1.29 is 9.50 Å². The largest absolute Gasteiger partial charge is 0.495 e. The molecule has 0 atom stereocenters. The number of nitrogens with zero attached hydrogens (tertiary/aromatic N) is 2. The maximum atomic E-state index is 13.6. The normalized spacial score (nSPS) is 20.2. The van der Waals surface area contributed by atoms with E-state index >= 15 is 0 Å². The average Bonchev–Trinajstić information content (AvgIpc) is 2.70. The van der Waals surface area contributed by atoms with Gasteiger partial charge in [0.15, 0.2) is 5.88 Å². The van der Waals surface area contributed by atoms with Crippen LogP contribution in [0.2, 0.25) is 0 Å². The summed E-state index contributed by atoms with van der Waals surface area (Å²) < 4.78 is 13.6. The minimum atomic E-state index is -0.241. The maximum Gasteiger partial charge on any atom is 0.184 e. The summed E-state index contributed by atoms with van der Waals surface area (Å²) in [6, 6.07) is 12.8. The Balaban J connectivity index is 0.000000231. The van der Waals surface area contributed by atoms with Crippen LogP contribution in [-0.2, 0) is 6.54 Å². The van der Waals surface area contributed by atoms with Crippen LogP contribution in [0, 0.1) is 25.6 Å². The van der Waals surface area contributed by atoms with Gasteiger partial charge in [-0.05, 0) is 100 Å². The Kier molecular flexibility index (Phi) is 6.74. The molecule has 0 unspecified atom stereocenters. The van der Waals surface area contributed by atoms with Gasteiger partial charge in [0.05, 0.1) is 6.54 Å². The van der Waals surface area contributed by atoms with E-state index in [2.05, 4.69) is 11.5 Å². The lowest BCUT2D eigenvalue weighted by molar-refractivity contribution is 0.111. The van der Waals surface area contributed by atoms with E-state index in [1.165, 1.54) is 45.0 Å². The molecule has 1 N–H and O–H groups in total.